The lowest BCUT2D eigenvalue weighted by Gasteiger charge is -2.37. The molecule has 1 amide bonds. The van der Waals surface area contributed by atoms with E-state index in [1.54, 1.807) is 24.1 Å². The third-order valence-corrected chi connectivity index (χ3v) is 3.63. The second kappa shape index (κ2) is 6.24. The van der Waals surface area contributed by atoms with Gasteiger partial charge in [0.2, 0.25) is 0 Å². The molecule has 20 heavy (non-hydrogen) atoms. The van der Waals surface area contributed by atoms with Crippen LogP contribution in [0, 0.1) is 6.92 Å². The monoisotopic (exact) mass is 279 g/mol. The topological polar surface area (TPSA) is 59.0 Å². The predicted molar refractivity (Wildman–Crippen MR) is 75.1 cm³/mol. The number of aliphatic hydroxyl groups excluding tert-OH is 1. The van der Waals surface area contributed by atoms with Gasteiger partial charge in [-0.05, 0) is 31.5 Å². The molecule has 1 aromatic rings. The highest BCUT2D eigenvalue weighted by atomic mass is 16.5. The van der Waals surface area contributed by atoms with E-state index in [1.165, 1.54) is 0 Å². The Bertz CT molecular complexity index is 489. The Morgan fingerprint density at radius 1 is 1.55 bits per heavy atom. The van der Waals surface area contributed by atoms with Gasteiger partial charge >= 0.3 is 0 Å². The predicted octanol–water partition coefficient (Wildman–Crippen LogP) is 1.23. The minimum Gasteiger partial charge on any atom is -0.496 e. The summed E-state index contributed by atoms with van der Waals surface area (Å²) in [5.41, 5.74) is 1.59. The molecule has 5 heteroatoms. The van der Waals surface area contributed by atoms with Crippen LogP contribution in [0.3, 0.4) is 0 Å². The van der Waals surface area contributed by atoms with Crippen molar-refractivity contribution in [2.45, 2.75) is 26.0 Å². The molecule has 0 bridgehead atoms. The van der Waals surface area contributed by atoms with Crippen molar-refractivity contribution in [1.29, 1.82) is 0 Å². The molecule has 1 heterocycles. The van der Waals surface area contributed by atoms with Crippen LogP contribution in [-0.2, 0) is 4.74 Å². The molecule has 1 saturated heterocycles. The molecule has 0 saturated carbocycles. The van der Waals surface area contributed by atoms with E-state index >= 15 is 0 Å². The molecule has 0 radical (unpaired) electrons. The van der Waals surface area contributed by atoms with E-state index in [0.29, 0.717) is 24.5 Å². The smallest absolute Gasteiger partial charge is 0.254 e. The number of nitrogens with zero attached hydrogens (tertiary/aromatic N) is 1. The van der Waals surface area contributed by atoms with Crippen LogP contribution in [0.25, 0.3) is 0 Å². The molecule has 1 aliphatic rings. The van der Waals surface area contributed by atoms with Gasteiger partial charge in [0, 0.05) is 12.1 Å². The molecule has 2 rings (SSSR count). The zero-order valence-corrected chi connectivity index (χ0v) is 12.1. The zero-order valence-electron chi connectivity index (χ0n) is 12.1. The maximum atomic E-state index is 12.6. The summed E-state index contributed by atoms with van der Waals surface area (Å²) >= 11 is 0. The molecule has 1 aromatic carbocycles. The summed E-state index contributed by atoms with van der Waals surface area (Å²) in [5, 5.41) is 9.18. The van der Waals surface area contributed by atoms with E-state index in [-0.39, 0.29) is 24.7 Å². The lowest BCUT2D eigenvalue weighted by molar-refractivity contribution is -0.0667. The summed E-state index contributed by atoms with van der Waals surface area (Å²) < 4.78 is 10.7. The summed E-state index contributed by atoms with van der Waals surface area (Å²) in [5.74, 6) is 0.646. The fourth-order valence-electron chi connectivity index (χ4n) is 2.33. The Balaban J connectivity index is 2.21. The Hall–Kier alpha value is -1.59. The highest BCUT2D eigenvalue weighted by Gasteiger charge is 2.30. The maximum Gasteiger partial charge on any atom is 0.254 e. The number of ether oxygens (including phenoxy) is 2. The van der Waals surface area contributed by atoms with E-state index in [9.17, 15) is 9.90 Å². The van der Waals surface area contributed by atoms with E-state index in [2.05, 4.69) is 0 Å². The summed E-state index contributed by atoms with van der Waals surface area (Å²) in [6.45, 7) is 4.66. The summed E-state index contributed by atoms with van der Waals surface area (Å²) in [7, 11) is 1.59. The minimum atomic E-state index is -0.303. The van der Waals surface area contributed by atoms with Crippen molar-refractivity contribution in [2.75, 3.05) is 26.9 Å². The molecule has 2 atom stereocenters. The number of amides is 1. The van der Waals surface area contributed by atoms with Crippen LogP contribution in [0.2, 0.25) is 0 Å². The first kappa shape index (κ1) is 14.8. The number of carbonyl (C=O) groups is 1. The molecule has 110 valence electrons. The molecule has 1 aliphatic heterocycles. The molecule has 2 unspecified atom stereocenters. The van der Waals surface area contributed by atoms with Gasteiger partial charge in [0.05, 0.1) is 32.5 Å². The van der Waals surface area contributed by atoms with Gasteiger partial charge in [-0.1, -0.05) is 6.07 Å². The van der Waals surface area contributed by atoms with Gasteiger partial charge < -0.3 is 19.5 Å². The molecule has 0 aliphatic carbocycles. The molecule has 5 nitrogen and oxygen atoms in total. The van der Waals surface area contributed by atoms with Crippen LogP contribution in [0.15, 0.2) is 18.2 Å². The highest BCUT2D eigenvalue weighted by Crippen LogP contribution is 2.22. The van der Waals surface area contributed by atoms with Crippen LogP contribution >= 0.6 is 0 Å². The number of hydrogen-bond acceptors (Lipinski definition) is 4. The SMILES string of the molecule is COc1cc(C(=O)N2CC(CO)OCC2C)ccc1C. The third kappa shape index (κ3) is 2.94. The average molecular weight is 279 g/mol. The quantitative estimate of drug-likeness (QED) is 0.904. The minimum absolute atomic E-state index is 0.00222. The van der Waals surface area contributed by atoms with Crippen molar-refractivity contribution >= 4 is 5.91 Å². The molecular weight excluding hydrogens is 258 g/mol. The number of hydrogen-bond donors (Lipinski definition) is 1. The van der Waals surface area contributed by atoms with Crippen molar-refractivity contribution < 1.29 is 19.4 Å². The molecule has 1 fully saturated rings. The van der Waals surface area contributed by atoms with Crippen LogP contribution in [0.1, 0.15) is 22.8 Å². The standard InChI is InChI=1S/C15H21NO4/c1-10-4-5-12(6-14(10)19-3)15(18)16-7-13(8-17)20-9-11(16)2/h4-6,11,13,17H,7-9H2,1-3H3. The normalized spacial score (nSPS) is 22.7. The van der Waals surface area contributed by atoms with Crippen molar-refractivity contribution in [1.82, 2.24) is 4.90 Å². The second-order valence-electron chi connectivity index (χ2n) is 5.13. The van der Waals surface area contributed by atoms with E-state index in [1.807, 2.05) is 19.9 Å². The maximum absolute atomic E-state index is 12.6. The first-order chi connectivity index (χ1) is 9.56. The van der Waals surface area contributed by atoms with Gasteiger partial charge in [0.25, 0.3) is 5.91 Å². The largest absolute Gasteiger partial charge is 0.496 e. The fourth-order valence-corrected chi connectivity index (χ4v) is 2.33. The second-order valence-corrected chi connectivity index (χ2v) is 5.13. The van der Waals surface area contributed by atoms with E-state index in [0.717, 1.165) is 5.56 Å². The first-order valence-electron chi connectivity index (χ1n) is 6.75. The summed E-state index contributed by atoms with van der Waals surface area (Å²) in [6.07, 6.45) is -0.303. The molecule has 0 spiro atoms. The lowest BCUT2D eigenvalue weighted by atomic mass is 10.1. The Morgan fingerprint density at radius 2 is 2.30 bits per heavy atom. The summed E-state index contributed by atoms with van der Waals surface area (Å²) in [4.78, 5) is 14.3. The van der Waals surface area contributed by atoms with Crippen LogP contribution < -0.4 is 4.74 Å². The number of aliphatic hydroxyl groups is 1. The fraction of sp³-hybridized carbons (Fsp3) is 0.533. The van der Waals surface area contributed by atoms with Gasteiger partial charge in [0.15, 0.2) is 0 Å². The Labute approximate surface area is 119 Å². The van der Waals surface area contributed by atoms with Crippen molar-refractivity contribution in [3.8, 4) is 5.75 Å². The van der Waals surface area contributed by atoms with Gasteiger partial charge in [-0.25, -0.2) is 0 Å². The number of rotatable bonds is 3. The van der Waals surface area contributed by atoms with Crippen molar-refractivity contribution in [3.63, 3.8) is 0 Å². The molecular formula is C15H21NO4. The highest BCUT2D eigenvalue weighted by molar-refractivity contribution is 5.95. The Morgan fingerprint density at radius 3 is 2.95 bits per heavy atom. The zero-order chi connectivity index (χ0) is 14.7. The number of morpholine rings is 1. The van der Waals surface area contributed by atoms with Gasteiger partial charge in [0.1, 0.15) is 5.75 Å². The van der Waals surface area contributed by atoms with Crippen LogP contribution in [0.5, 0.6) is 5.75 Å². The Kier molecular flexibility index (Phi) is 4.62. The number of benzene rings is 1. The first-order valence-corrected chi connectivity index (χ1v) is 6.75. The number of methoxy groups -OCH3 is 1. The summed E-state index contributed by atoms with van der Waals surface area (Å²) in [6, 6.07) is 5.43. The van der Waals surface area contributed by atoms with Crippen LogP contribution in [0.4, 0.5) is 0 Å². The van der Waals surface area contributed by atoms with Crippen molar-refractivity contribution in [2.24, 2.45) is 0 Å². The van der Waals surface area contributed by atoms with Gasteiger partial charge in [-0.2, -0.15) is 0 Å². The number of carbonyl (C=O) groups excluding carboxylic acids is 1. The average Bonchev–Trinajstić information content (AvgIpc) is 2.47. The van der Waals surface area contributed by atoms with E-state index in [4.69, 9.17) is 9.47 Å². The van der Waals surface area contributed by atoms with Crippen LogP contribution in [-0.4, -0.2) is 54.9 Å². The lowest BCUT2D eigenvalue weighted by Crippen LogP contribution is -2.52. The van der Waals surface area contributed by atoms with Gasteiger partial charge in [-0.15, -0.1) is 0 Å². The van der Waals surface area contributed by atoms with Gasteiger partial charge in [-0.3, -0.25) is 4.79 Å². The number of aryl methyl sites for hydroxylation is 1. The third-order valence-electron chi connectivity index (χ3n) is 3.63. The van der Waals surface area contributed by atoms with E-state index < -0.39 is 0 Å². The molecule has 0 aromatic heterocycles. The molecule has 1 N–H and O–H groups in total. The van der Waals surface area contributed by atoms with Crippen molar-refractivity contribution in [3.05, 3.63) is 29.3 Å².